The van der Waals surface area contributed by atoms with Crippen molar-refractivity contribution in [2.24, 2.45) is 0 Å². The lowest BCUT2D eigenvalue weighted by Crippen LogP contribution is -2.00. The van der Waals surface area contributed by atoms with Crippen LogP contribution in [0.5, 0.6) is 5.75 Å². The van der Waals surface area contributed by atoms with Gasteiger partial charge in [-0.25, -0.2) is 4.79 Å². The van der Waals surface area contributed by atoms with Gasteiger partial charge in [0.25, 0.3) is 0 Å². The number of methoxy groups -OCH3 is 1. The van der Waals surface area contributed by atoms with Gasteiger partial charge in [0.15, 0.2) is 12.5 Å². The van der Waals surface area contributed by atoms with E-state index in [1.807, 2.05) is 30.4 Å². The Hall–Kier alpha value is -1.63. The Bertz CT molecular complexity index is 718. The Morgan fingerprint density at radius 2 is 1.78 bits per heavy atom. The molecule has 120 valence electrons. The molecule has 0 heterocycles. The van der Waals surface area contributed by atoms with Crippen molar-refractivity contribution < 1.29 is 19.4 Å². The van der Waals surface area contributed by atoms with Gasteiger partial charge in [0, 0.05) is 7.11 Å². The quantitative estimate of drug-likeness (QED) is 0.502. The van der Waals surface area contributed by atoms with Crippen LogP contribution in [0.25, 0.3) is 12.2 Å². The molecule has 2 aromatic carbocycles. The Morgan fingerprint density at radius 3 is 2.39 bits per heavy atom. The van der Waals surface area contributed by atoms with E-state index >= 15 is 0 Å². The molecule has 0 aliphatic heterocycles. The summed E-state index contributed by atoms with van der Waals surface area (Å²) < 4.78 is 12.0. The Labute approximate surface area is 151 Å². The lowest BCUT2D eigenvalue weighted by molar-refractivity contribution is 0.0500. The standard InChI is InChI=1S/C17H14Br2O4/c1-22-10-23-16-14(18)8-12(9-15(16)19)6-5-11-3-2-4-13(7-11)17(20)21/h2-9H,10H2,1H3,(H,20,21). The zero-order chi connectivity index (χ0) is 16.8. The highest BCUT2D eigenvalue weighted by atomic mass is 79.9. The molecule has 2 rings (SSSR count). The number of hydrogen-bond acceptors (Lipinski definition) is 3. The van der Waals surface area contributed by atoms with E-state index in [-0.39, 0.29) is 12.4 Å². The molecule has 0 bridgehead atoms. The number of aromatic carboxylic acids is 1. The largest absolute Gasteiger partial charge is 0.478 e. The number of carboxylic acid groups (broad SMARTS) is 1. The minimum absolute atomic E-state index is 0.161. The second kappa shape index (κ2) is 8.29. The van der Waals surface area contributed by atoms with Crippen LogP contribution >= 0.6 is 31.9 Å². The van der Waals surface area contributed by atoms with Crippen molar-refractivity contribution in [2.75, 3.05) is 13.9 Å². The average molecular weight is 442 g/mol. The molecule has 4 nitrogen and oxygen atoms in total. The lowest BCUT2D eigenvalue weighted by atomic mass is 10.1. The highest BCUT2D eigenvalue weighted by Crippen LogP contribution is 2.35. The van der Waals surface area contributed by atoms with E-state index in [0.29, 0.717) is 5.75 Å². The van der Waals surface area contributed by atoms with Crippen LogP contribution in [0.3, 0.4) is 0 Å². The van der Waals surface area contributed by atoms with E-state index in [4.69, 9.17) is 14.6 Å². The van der Waals surface area contributed by atoms with Crippen LogP contribution in [-0.4, -0.2) is 25.0 Å². The number of rotatable bonds is 6. The maximum atomic E-state index is 11.0. The van der Waals surface area contributed by atoms with Gasteiger partial charge in [-0.15, -0.1) is 0 Å². The molecule has 0 aliphatic rings. The molecule has 6 heteroatoms. The van der Waals surface area contributed by atoms with Crippen molar-refractivity contribution in [3.05, 3.63) is 62.0 Å². The van der Waals surface area contributed by atoms with E-state index < -0.39 is 5.97 Å². The summed E-state index contributed by atoms with van der Waals surface area (Å²) in [5.41, 5.74) is 2.02. The molecule has 1 N–H and O–H groups in total. The minimum atomic E-state index is -0.939. The van der Waals surface area contributed by atoms with Crippen molar-refractivity contribution in [3.8, 4) is 5.75 Å². The SMILES string of the molecule is COCOc1c(Br)cc(C=Cc2cccc(C(=O)O)c2)cc1Br. The van der Waals surface area contributed by atoms with Crippen molar-refractivity contribution in [3.63, 3.8) is 0 Å². The van der Waals surface area contributed by atoms with Crippen LogP contribution in [-0.2, 0) is 4.74 Å². The monoisotopic (exact) mass is 440 g/mol. The van der Waals surface area contributed by atoms with Crippen LogP contribution in [0.2, 0.25) is 0 Å². The first kappa shape index (κ1) is 17.7. The van der Waals surface area contributed by atoms with E-state index in [2.05, 4.69) is 31.9 Å². The molecular weight excluding hydrogens is 428 g/mol. The third-order valence-corrected chi connectivity index (χ3v) is 4.12. The molecule has 0 amide bonds. The summed E-state index contributed by atoms with van der Waals surface area (Å²) in [5.74, 6) is -0.276. The fourth-order valence-corrected chi connectivity index (χ4v) is 3.35. The summed E-state index contributed by atoms with van der Waals surface area (Å²) in [5, 5.41) is 9.01. The molecule has 0 spiro atoms. The van der Waals surface area contributed by atoms with Crippen LogP contribution in [0, 0.1) is 0 Å². The van der Waals surface area contributed by atoms with E-state index in [9.17, 15) is 4.79 Å². The Kier molecular flexibility index (Phi) is 6.38. The maximum Gasteiger partial charge on any atom is 0.335 e. The highest BCUT2D eigenvalue weighted by molar-refractivity contribution is 9.11. The van der Waals surface area contributed by atoms with Gasteiger partial charge in [-0.3, -0.25) is 0 Å². The molecule has 0 unspecified atom stereocenters. The first-order valence-electron chi connectivity index (χ1n) is 6.63. The zero-order valence-corrected chi connectivity index (χ0v) is 15.4. The fraction of sp³-hybridized carbons (Fsp3) is 0.118. The molecule has 0 radical (unpaired) electrons. The van der Waals surface area contributed by atoms with E-state index in [1.54, 1.807) is 25.3 Å². The summed E-state index contributed by atoms with van der Waals surface area (Å²) >= 11 is 6.93. The molecule has 0 fully saturated rings. The van der Waals surface area contributed by atoms with Gasteiger partial charge in [0.1, 0.15) is 0 Å². The third-order valence-electron chi connectivity index (χ3n) is 2.94. The predicted molar refractivity (Wildman–Crippen MR) is 96.7 cm³/mol. The van der Waals surface area contributed by atoms with Crippen molar-refractivity contribution in [2.45, 2.75) is 0 Å². The summed E-state index contributed by atoms with van der Waals surface area (Å²) in [6.07, 6.45) is 3.76. The van der Waals surface area contributed by atoms with E-state index in [1.165, 1.54) is 0 Å². The number of carboxylic acids is 1. The van der Waals surface area contributed by atoms with E-state index in [0.717, 1.165) is 20.1 Å². The van der Waals surface area contributed by atoms with Crippen LogP contribution in [0.15, 0.2) is 45.3 Å². The second-order valence-electron chi connectivity index (χ2n) is 4.63. The first-order chi connectivity index (χ1) is 11.0. The molecular formula is C17H14Br2O4. The zero-order valence-electron chi connectivity index (χ0n) is 12.3. The van der Waals surface area contributed by atoms with Crippen LogP contribution < -0.4 is 4.74 Å². The number of halogens is 2. The predicted octanol–water partition coefficient (Wildman–Crippen LogP) is 5.06. The Balaban J connectivity index is 2.23. The van der Waals surface area contributed by atoms with Gasteiger partial charge in [0.05, 0.1) is 14.5 Å². The molecule has 2 aromatic rings. The smallest absolute Gasteiger partial charge is 0.335 e. The Morgan fingerprint density at radius 1 is 1.13 bits per heavy atom. The number of ether oxygens (including phenoxy) is 2. The third kappa shape index (κ3) is 4.92. The molecule has 0 saturated heterocycles. The van der Waals surface area contributed by atoms with Crippen molar-refractivity contribution >= 4 is 50.0 Å². The minimum Gasteiger partial charge on any atom is -0.478 e. The lowest BCUT2D eigenvalue weighted by Gasteiger charge is -2.10. The molecule has 0 saturated carbocycles. The summed E-state index contributed by atoms with van der Waals surface area (Å²) in [4.78, 5) is 11.0. The van der Waals surface area contributed by atoms with Gasteiger partial charge >= 0.3 is 5.97 Å². The highest BCUT2D eigenvalue weighted by Gasteiger charge is 2.08. The topological polar surface area (TPSA) is 55.8 Å². The summed E-state index contributed by atoms with van der Waals surface area (Å²) in [6.45, 7) is 0.161. The molecule has 23 heavy (non-hydrogen) atoms. The molecule has 0 aromatic heterocycles. The van der Waals surface area contributed by atoms with Gasteiger partial charge < -0.3 is 14.6 Å². The number of hydrogen-bond donors (Lipinski definition) is 1. The summed E-state index contributed by atoms with van der Waals surface area (Å²) in [6, 6.07) is 10.6. The van der Waals surface area contributed by atoms with Crippen molar-refractivity contribution in [1.29, 1.82) is 0 Å². The van der Waals surface area contributed by atoms with Gasteiger partial charge in [-0.05, 0) is 67.3 Å². The fourth-order valence-electron chi connectivity index (χ4n) is 1.90. The van der Waals surface area contributed by atoms with Gasteiger partial charge in [-0.2, -0.15) is 0 Å². The number of benzene rings is 2. The van der Waals surface area contributed by atoms with Gasteiger partial charge in [0.2, 0.25) is 0 Å². The maximum absolute atomic E-state index is 11.0. The van der Waals surface area contributed by atoms with Gasteiger partial charge in [-0.1, -0.05) is 24.3 Å². The van der Waals surface area contributed by atoms with Crippen LogP contribution in [0.4, 0.5) is 0 Å². The normalized spacial score (nSPS) is 10.9. The van der Waals surface area contributed by atoms with Crippen molar-refractivity contribution in [1.82, 2.24) is 0 Å². The average Bonchev–Trinajstić information content (AvgIpc) is 2.52. The second-order valence-corrected chi connectivity index (χ2v) is 6.34. The van der Waals surface area contributed by atoms with Crippen LogP contribution in [0.1, 0.15) is 21.5 Å². The first-order valence-corrected chi connectivity index (χ1v) is 8.22. The molecule has 0 atom stereocenters. The summed E-state index contributed by atoms with van der Waals surface area (Å²) in [7, 11) is 1.56. The number of carbonyl (C=O) groups is 1. The molecule has 0 aliphatic carbocycles.